The third kappa shape index (κ3) is 6.18. The molecule has 0 radical (unpaired) electrons. The van der Waals surface area contributed by atoms with Crippen LogP contribution >= 0.6 is 0 Å². The Bertz CT molecular complexity index is 971. The normalized spacial score (nSPS) is 10.5. The standard InChI is InChI=1S/C24H25N3O3/c1-27(17-23(28)25-21-12-14-22(30-2)15-13-21)16-18-8-10-19(11-9-18)24(29)26-20-6-4-3-5-7-20/h3-15H,16-17H2,1-2H3,(H,25,28)(H,26,29). The first-order valence-corrected chi connectivity index (χ1v) is 9.61. The average molecular weight is 403 g/mol. The van der Waals surface area contributed by atoms with Crippen LogP contribution in [0, 0.1) is 0 Å². The third-order valence-corrected chi connectivity index (χ3v) is 4.49. The van der Waals surface area contributed by atoms with Gasteiger partial charge in [-0.2, -0.15) is 0 Å². The maximum atomic E-state index is 12.3. The van der Waals surface area contributed by atoms with Crippen molar-refractivity contribution in [2.24, 2.45) is 0 Å². The molecule has 3 aromatic carbocycles. The van der Waals surface area contributed by atoms with Crippen molar-refractivity contribution in [3.05, 3.63) is 90.0 Å². The van der Waals surface area contributed by atoms with Crippen molar-refractivity contribution in [2.75, 3.05) is 31.3 Å². The van der Waals surface area contributed by atoms with E-state index in [2.05, 4.69) is 10.6 Å². The van der Waals surface area contributed by atoms with Crippen LogP contribution in [0.4, 0.5) is 11.4 Å². The van der Waals surface area contributed by atoms with E-state index in [1.807, 2.05) is 54.4 Å². The largest absolute Gasteiger partial charge is 0.497 e. The molecule has 0 aliphatic carbocycles. The molecular weight excluding hydrogens is 378 g/mol. The van der Waals surface area contributed by atoms with Gasteiger partial charge in [0.1, 0.15) is 5.75 Å². The van der Waals surface area contributed by atoms with Gasteiger partial charge in [0, 0.05) is 23.5 Å². The molecule has 6 heteroatoms. The smallest absolute Gasteiger partial charge is 0.255 e. The topological polar surface area (TPSA) is 70.7 Å². The fourth-order valence-electron chi connectivity index (χ4n) is 2.97. The summed E-state index contributed by atoms with van der Waals surface area (Å²) >= 11 is 0. The van der Waals surface area contributed by atoms with Crippen LogP contribution in [-0.4, -0.2) is 37.4 Å². The Labute approximate surface area is 176 Å². The van der Waals surface area contributed by atoms with Crippen LogP contribution < -0.4 is 15.4 Å². The first-order valence-electron chi connectivity index (χ1n) is 9.61. The molecule has 3 aromatic rings. The van der Waals surface area contributed by atoms with E-state index in [1.54, 1.807) is 43.5 Å². The molecule has 0 unspecified atom stereocenters. The predicted octanol–water partition coefficient (Wildman–Crippen LogP) is 4.02. The summed E-state index contributed by atoms with van der Waals surface area (Å²) < 4.78 is 5.11. The van der Waals surface area contributed by atoms with Gasteiger partial charge in [-0.1, -0.05) is 30.3 Å². The van der Waals surface area contributed by atoms with Crippen LogP contribution in [0.3, 0.4) is 0 Å². The molecule has 0 aromatic heterocycles. The molecule has 154 valence electrons. The van der Waals surface area contributed by atoms with Crippen molar-refractivity contribution in [1.29, 1.82) is 0 Å². The minimum absolute atomic E-state index is 0.0958. The summed E-state index contributed by atoms with van der Waals surface area (Å²) in [5, 5.41) is 5.73. The molecule has 0 aliphatic heterocycles. The Kier molecular flexibility index (Phi) is 7.19. The summed E-state index contributed by atoms with van der Waals surface area (Å²) in [5.74, 6) is 0.493. The highest BCUT2D eigenvalue weighted by atomic mass is 16.5. The van der Waals surface area contributed by atoms with Gasteiger partial charge in [0.15, 0.2) is 0 Å². The van der Waals surface area contributed by atoms with Crippen LogP contribution in [0.25, 0.3) is 0 Å². The van der Waals surface area contributed by atoms with Gasteiger partial charge >= 0.3 is 0 Å². The number of nitrogens with zero attached hydrogens (tertiary/aromatic N) is 1. The summed E-state index contributed by atoms with van der Waals surface area (Å²) in [6.45, 7) is 0.846. The van der Waals surface area contributed by atoms with Gasteiger partial charge in [-0.05, 0) is 61.1 Å². The Morgan fingerprint density at radius 3 is 2.10 bits per heavy atom. The number of likely N-dealkylation sites (N-methyl/N-ethyl adjacent to an activating group) is 1. The molecule has 30 heavy (non-hydrogen) atoms. The minimum atomic E-state index is -0.153. The van der Waals surface area contributed by atoms with Crippen LogP contribution in [-0.2, 0) is 11.3 Å². The Balaban J connectivity index is 1.49. The number of nitrogens with one attached hydrogen (secondary N) is 2. The minimum Gasteiger partial charge on any atom is -0.497 e. The molecule has 0 saturated carbocycles. The van der Waals surface area contributed by atoms with Crippen molar-refractivity contribution in [2.45, 2.75) is 6.54 Å². The number of hydrogen-bond donors (Lipinski definition) is 2. The van der Waals surface area contributed by atoms with Crippen molar-refractivity contribution in [3.8, 4) is 5.75 Å². The number of methoxy groups -OCH3 is 1. The first-order chi connectivity index (χ1) is 14.5. The fraction of sp³-hybridized carbons (Fsp3) is 0.167. The lowest BCUT2D eigenvalue weighted by Gasteiger charge is -2.16. The Hall–Kier alpha value is -3.64. The Morgan fingerprint density at radius 1 is 0.833 bits per heavy atom. The summed E-state index contributed by atoms with van der Waals surface area (Å²) in [4.78, 5) is 26.5. The number of hydrogen-bond acceptors (Lipinski definition) is 4. The number of anilines is 2. The van der Waals surface area contributed by atoms with Gasteiger partial charge < -0.3 is 15.4 Å². The lowest BCUT2D eigenvalue weighted by molar-refractivity contribution is -0.117. The summed E-state index contributed by atoms with van der Waals surface area (Å²) in [5.41, 5.74) is 3.09. The highest BCUT2D eigenvalue weighted by Gasteiger charge is 2.10. The zero-order chi connectivity index (χ0) is 21.3. The van der Waals surface area contributed by atoms with E-state index >= 15 is 0 Å². The van der Waals surface area contributed by atoms with E-state index in [0.717, 1.165) is 22.7 Å². The number of para-hydroxylation sites is 1. The van der Waals surface area contributed by atoms with E-state index in [0.29, 0.717) is 12.1 Å². The molecule has 0 aliphatic rings. The van der Waals surface area contributed by atoms with E-state index in [9.17, 15) is 9.59 Å². The second kappa shape index (κ2) is 10.2. The zero-order valence-corrected chi connectivity index (χ0v) is 17.1. The predicted molar refractivity (Wildman–Crippen MR) is 119 cm³/mol. The van der Waals surface area contributed by atoms with Gasteiger partial charge in [-0.25, -0.2) is 0 Å². The monoisotopic (exact) mass is 403 g/mol. The van der Waals surface area contributed by atoms with Crippen molar-refractivity contribution < 1.29 is 14.3 Å². The van der Waals surface area contributed by atoms with E-state index in [1.165, 1.54) is 0 Å². The second-order valence-electron chi connectivity index (χ2n) is 6.97. The molecule has 3 rings (SSSR count). The number of amides is 2. The lowest BCUT2D eigenvalue weighted by Crippen LogP contribution is -2.29. The van der Waals surface area contributed by atoms with Crippen LogP contribution in [0.5, 0.6) is 5.75 Å². The summed E-state index contributed by atoms with van der Waals surface area (Å²) in [6, 6.07) is 23.9. The zero-order valence-electron chi connectivity index (χ0n) is 17.1. The number of rotatable bonds is 8. The van der Waals surface area contributed by atoms with E-state index < -0.39 is 0 Å². The number of benzene rings is 3. The molecular formula is C24H25N3O3. The SMILES string of the molecule is COc1ccc(NC(=O)CN(C)Cc2ccc(C(=O)Nc3ccccc3)cc2)cc1. The number of carbonyl (C=O) groups is 2. The second-order valence-corrected chi connectivity index (χ2v) is 6.97. The molecule has 2 amide bonds. The van der Waals surface area contributed by atoms with Crippen LogP contribution in [0.15, 0.2) is 78.9 Å². The lowest BCUT2D eigenvalue weighted by atomic mass is 10.1. The summed E-state index contributed by atoms with van der Waals surface area (Å²) in [7, 11) is 3.48. The molecule has 0 saturated heterocycles. The first kappa shape index (κ1) is 21.1. The molecule has 0 bridgehead atoms. The third-order valence-electron chi connectivity index (χ3n) is 4.49. The molecule has 2 N–H and O–H groups in total. The maximum absolute atomic E-state index is 12.3. The highest BCUT2D eigenvalue weighted by Crippen LogP contribution is 2.15. The van der Waals surface area contributed by atoms with Gasteiger partial charge in [0.2, 0.25) is 5.91 Å². The van der Waals surface area contributed by atoms with Gasteiger partial charge in [-0.15, -0.1) is 0 Å². The molecule has 0 spiro atoms. The quantitative estimate of drug-likeness (QED) is 0.596. The molecule has 0 atom stereocenters. The fourth-order valence-corrected chi connectivity index (χ4v) is 2.97. The van der Waals surface area contributed by atoms with Gasteiger partial charge in [-0.3, -0.25) is 14.5 Å². The summed E-state index contributed by atoms with van der Waals surface area (Å²) in [6.07, 6.45) is 0. The number of carbonyl (C=O) groups excluding carboxylic acids is 2. The van der Waals surface area contributed by atoms with Crippen molar-refractivity contribution in [1.82, 2.24) is 4.90 Å². The maximum Gasteiger partial charge on any atom is 0.255 e. The van der Waals surface area contributed by atoms with Gasteiger partial charge in [0.05, 0.1) is 13.7 Å². The Morgan fingerprint density at radius 2 is 1.47 bits per heavy atom. The molecule has 6 nitrogen and oxygen atoms in total. The molecule has 0 fully saturated rings. The molecule has 0 heterocycles. The van der Waals surface area contributed by atoms with E-state index in [-0.39, 0.29) is 18.4 Å². The van der Waals surface area contributed by atoms with Crippen LogP contribution in [0.1, 0.15) is 15.9 Å². The van der Waals surface area contributed by atoms with Gasteiger partial charge in [0.25, 0.3) is 5.91 Å². The van der Waals surface area contributed by atoms with Crippen molar-refractivity contribution >= 4 is 23.2 Å². The average Bonchev–Trinajstić information content (AvgIpc) is 2.75. The van der Waals surface area contributed by atoms with Crippen LogP contribution in [0.2, 0.25) is 0 Å². The highest BCUT2D eigenvalue weighted by molar-refractivity contribution is 6.04. The van der Waals surface area contributed by atoms with E-state index in [4.69, 9.17) is 4.74 Å². The number of ether oxygens (including phenoxy) is 1. The van der Waals surface area contributed by atoms with Crippen molar-refractivity contribution in [3.63, 3.8) is 0 Å².